The van der Waals surface area contributed by atoms with Crippen LogP contribution in [0.15, 0.2) is 48.5 Å². The minimum absolute atomic E-state index is 0.00921. The third kappa shape index (κ3) is 5.32. The van der Waals surface area contributed by atoms with Crippen LogP contribution in [0, 0.1) is 11.8 Å². The molecule has 2 aliphatic rings. The highest BCUT2D eigenvalue weighted by Gasteiger charge is 2.41. The van der Waals surface area contributed by atoms with Gasteiger partial charge in [0.1, 0.15) is 12.6 Å². The zero-order valence-electron chi connectivity index (χ0n) is 20.0. The zero-order chi connectivity index (χ0) is 25.1. The highest BCUT2D eigenvalue weighted by atomic mass is 16.5. The van der Waals surface area contributed by atoms with E-state index in [1.807, 2.05) is 50.2 Å². The second kappa shape index (κ2) is 10.5. The first-order chi connectivity index (χ1) is 16.8. The summed E-state index contributed by atoms with van der Waals surface area (Å²) in [6.45, 7) is 4.10. The predicted molar refractivity (Wildman–Crippen MR) is 130 cm³/mol. The van der Waals surface area contributed by atoms with Gasteiger partial charge in [0.2, 0.25) is 5.91 Å². The third-order valence-electron chi connectivity index (χ3n) is 6.79. The van der Waals surface area contributed by atoms with Crippen LogP contribution in [0.5, 0.6) is 0 Å². The average molecular weight is 481 g/mol. The number of ether oxygens (including phenoxy) is 1. The van der Waals surface area contributed by atoms with Gasteiger partial charge >= 0.3 is 12.1 Å². The molecule has 1 aliphatic heterocycles. The molecule has 35 heavy (non-hydrogen) atoms. The molecule has 0 aromatic heterocycles. The van der Waals surface area contributed by atoms with E-state index in [1.54, 1.807) is 0 Å². The lowest BCUT2D eigenvalue weighted by atomic mass is 9.95. The van der Waals surface area contributed by atoms with E-state index in [4.69, 9.17) is 4.74 Å². The summed E-state index contributed by atoms with van der Waals surface area (Å²) in [5, 5.41) is 22.1. The second-order valence-electron chi connectivity index (χ2n) is 9.77. The van der Waals surface area contributed by atoms with Crippen molar-refractivity contribution in [2.75, 3.05) is 19.7 Å². The largest absolute Gasteiger partial charge is 0.480 e. The van der Waals surface area contributed by atoms with Crippen LogP contribution >= 0.6 is 0 Å². The van der Waals surface area contributed by atoms with E-state index in [0.717, 1.165) is 22.3 Å². The lowest BCUT2D eigenvalue weighted by Gasteiger charge is -2.27. The quantitative estimate of drug-likeness (QED) is 0.534. The zero-order valence-corrected chi connectivity index (χ0v) is 20.0. The Labute approximate surface area is 204 Å². The molecule has 8 heteroatoms. The van der Waals surface area contributed by atoms with Crippen LogP contribution in [-0.4, -0.2) is 64.9 Å². The molecule has 0 radical (unpaired) electrons. The van der Waals surface area contributed by atoms with Crippen molar-refractivity contribution >= 4 is 18.0 Å². The number of benzene rings is 2. The summed E-state index contributed by atoms with van der Waals surface area (Å²) in [6, 6.07) is 15.1. The van der Waals surface area contributed by atoms with Crippen molar-refractivity contribution in [1.29, 1.82) is 0 Å². The molecule has 1 aliphatic carbocycles. The van der Waals surface area contributed by atoms with E-state index in [2.05, 4.69) is 17.4 Å². The summed E-state index contributed by atoms with van der Waals surface area (Å²) in [6.07, 6.45) is -1.00. The fourth-order valence-corrected chi connectivity index (χ4v) is 5.22. The number of aliphatic hydroxyl groups excluding tert-OH is 1. The van der Waals surface area contributed by atoms with Crippen LogP contribution in [0.2, 0.25) is 0 Å². The monoisotopic (exact) mass is 480 g/mol. The highest BCUT2D eigenvalue weighted by Crippen LogP contribution is 2.44. The Morgan fingerprint density at radius 1 is 1.06 bits per heavy atom. The number of nitrogens with zero attached hydrogens (tertiary/aromatic N) is 1. The molecule has 4 rings (SSSR count). The van der Waals surface area contributed by atoms with Crippen molar-refractivity contribution in [3.63, 3.8) is 0 Å². The Hall–Kier alpha value is -3.39. The number of alkyl carbamates (subject to hydrolysis) is 1. The molecule has 3 atom stereocenters. The minimum atomic E-state index is -1.14. The number of carboxylic acids is 1. The van der Waals surface area contributed by atoms with Gasteiger partial charge in [0.15, 0.2) is 0 Å². The van der Waals surface area contributed by atoms with Gasteiger partial charge in [-0.1, -0.05) is 62.4 Å². The molecule has 0 spiro atoms. The number of carbonyl (C=O) groups excluding carboxylic acids is 2. The SMILES string of the molecule is CC(C)CC(CNC(=O)OCC1c2ccccc2-c2ccccc21)C(=O)N1C[C@H](O)C[C@H]1C(=O)O. The van der Waals surface area contributed by atoms with Crippen LogP contribution in [0.1, 0.15) is 43.7 Å². The Morgan fingerprint density at radius 3 is 2.23 bits per heavy atom. The number of aliphatic carboxylic acids is 1. The number of amides is 2. The molecule has 0 bridgehead atoms. The lowest BCUT2D eigenvalue weighted by Crippen LogP contribution is -2.47. The number of β-amino-alcohol motifs (C(OH)–C–C–N with tert-alkyl or cyclic N) is 1. The number of hydrogen-bond donors (Lipinski definition) is 3. The molecule has 1 saturated heterocycles. The molecular formula is C27H32N2O6. The van der Waals surface area contributed by atoms with Crippen molar-refractivity contribution < 1.29 is 29.3 Å². The van der Waals surface area contributed by atoms with Crippen molar-refractivity contribution in [3.8, 4) is 11.1 Å². The fourth-order valence-electron chi connectivity index (χ4n) is 5.22. The summed E-state index contributed by atoms with van der Waals surface area (Å²) in [5.41, 5.74) is 4.50. The van der Waals surface area contributed by atoms with Gasteiger partial charge in [-0.05, 0) is 34.6 Å². The number of aliphatic hydroxyl groups is 1. The van der Waals surface area contributed by atoms with Gasteiger partial charge in [-0.2, -0.15) is 0 Å². The summed E-state index contributed by atoms with van der Waals surface area (Å²) < 4.78 is 5.57. The van der Waals surface area contributed by atoms with Gasteiger partial charge in [-0.3, -0.25) is 4.79 Å². The maximum absolute atomic E-state index is 13.2. The van der Waals surface area contributed by atoms with Crippen LogP contribution < -0.4 is 5.32 Å². The van der Waals surface area contributed by atoms with E-state index in [9.17, 15) is 24.6 Å². The molecule has 1 fully saturated rings. The molecule has 0 saturated carbocycles. The van der Waals surface area contributed by atoms with Gasteiger partial charge in [-0.15, -0.1) is 0 Å². The summed E-state index contributed by atoms with van der Waals surface area (Å²) in [5.74, 6) is -2.03. The van der Waals surface area contributed by atoms with Crippen LogP contribution in [0.4, 0.5) is 4.79 Å². The number of hydrogen-bond acceptors (Lipinski definition) is 5. The lowest BCUT2D eigenvalue weighted by molar-refractivity contribution is -0.150. The summed E-state index contributed by atoms with van der Waals surface area (Å²) >= 11 is 0. The van der Waals surface area contributed by atoms with Crippen molar-refractivity contribution in [2.24, 2.45) is 11.8 Å². The van der Waals surface area contributed by atoms with Gasteiger partial charge in [0.25, 0.3) is 0 Å². The molecule has 2 aromatic rings. The van der Waals surface area contributed by atoms with Gasteiger partial charge < -0.3 is 25.2 Å². The molecular weight excluding hydrogens is 448 g/mol. The molecule has 8 nitrogen and oxygen atoms in total. The highest BCUT2D eigenvalue weighted by molar-refractivity contribution is 5.86. The Bertz CT molecular complexity index is 1060. The molecule has 186 valence electrons. The second-order valence-corrected chi connectivity index (χ2v) is 9.77. The number of carbonyl (C=O) groups is 3. The first-order valence-electron chi connectivity index (χ1n) is 12.1. The number of carboxylic acid groups (broad SMARTS) is 1. The molecule has 1 heterocycles. The summed E-state index contributed by atoms with van der Waals surface area (Å²) in [4.78, 5) is 38.5. The Kier molecular flexibility index (Phi) is 7.40. The normalized spacial score (nSPS) is 19.8. The van der Waals surface area contributed by atoms with Crippen molar-refractivity contribution in [2.45, 2.75) is 44.8 Å². The molecule has 2 amide bonds. The van der Waals surface area contributed by atoms with E-state index in [0.29, 0.717) is 6.42 Å². The molecule has 2 aromatic carbocycles. The van der Waals surface area contributed by atoms with Crippen LogP contribution in [0.25, 0.3) is 11.1 Å². The van der Waals surface area contributed by atoms with E-state index >= 15 is 0 Å². The summed E-state index contributed by atoms with van der Waals surface area (Å²) in [7, 11) is 0. The molecule has 1 unspecified atom stereocenters. The van der Waals surface area contributed by atoms with Gasteiger partial charge in [-0.25, -0.2) is 9.59 Å². The van der Waals surface area contributed by atoms with E-state index in [-0.39, 0.29) is 43.9 Å². The fraction of sp³-hybridized carbons (Fsp3) is 0.444. The predicted octanol–water partition coefficient (Wildman–Crippen LogP) is 3.23. The maximum atomic E-state index is 13.2. The first-order valence-corrected chi connectivity index (χ1v) is 12.1. The third-order valence-corrected chi connectivity index (χ3v) is 6.79. The first kappa shape index (κ1) is 24.7. The minimum Gasteiger partial charge on any atom is -0.480 e. The average Bonchev–Trinajstić information content (AvgIpc) is 3.38. The van der Waals surface area contributed by atoms with Crippen LogP contribution in [-0.2, 0) is 14.3 Å². The Morgan fingerprint density at radius 2 is 1.66 bits per heavy atom. The Balaban J connectivity index is 1.38. The van der Waals surface area contributed by atoms with Crippen LogP contribution in [0.3, 0.4) is 0 Å². The van der Waals surface area contributed by atoms with Gasteiger partial charge in [0.05, 0.1) is 12.0 Å². The van der Waals surface area contributed by atoms with Crippen molar-refractivity contribution in [3.05, 3.63) is 59.7 Å². The number of fused-ring (bicyclic) bond motifs is 3. The van der Waals surface area contributed by atoms with Crippen molar-refractivity contribution in [1.82, 2.24) is 10.2 Å². The molecule has 3 N–H and O–H groups in total. The smallest absolute Gasteiger partial charge is 0.407 e. The van der Waals surface area contributed by atoms with Gasteiger partial charge in [0, 0.05) is 25.4 Å². The van der Waals surface area contributed by atoms with E-state index in [1.165, 1.54) is 4.90 Å². The number of rotatable bonds is 8. The standard InChI is InChI=1S/C27H32N2O6/c1-16(2)11-17(25(31)29-14-18(30)12-24(29)26(32)33)13-28-27(34)35-15-23-21-9-5-3-7-19(21)20-8-4-6-10-22(20)23/h3-10,16-18,23-24,30H,11-15H2,1-2H3,(H,28,34)(H,32,33)/t17?,18-,24+/m1/s1. The van der Waals surface area contributed by atoms with E-state index < -0.39 is 30.1 Å². The number of nitrogens with one attached hydrogen (secondary N) is 1. The number of likely N-dealkylation sites (tertiary alicyclic amines) is 1. The topological polar surface area (TPSA) is 116 Å². The maximum Gasteiger partial charge on any atom is 0.407 e.